The Balaban J connectivity index is 2.12. The molecule has 2 nitrogen and oxygen atoms in total. The molecule has 0 aliphatic rings. The highest BCUT2D eigenvalue weighted by Gasteiger charge is 2.01. The van der Waals surface area contributed by atoms with Gasteiger partial charge in [0.15, 0.2) is 0 Å². The molecule has 0 amide bonds. The summed E-state index contributed by atoms with van der Waals surface area (Å²) in [5, 5.41) is 0. The highest BCUT2D eigenvalue weighted by molar-refractivity contribution is 6.59. The molecule has 0 bridgehead atoms. The van der Waals surface area contributed by atoms with Crippen molar-refractivity contribution in [3.63, 3.8) is 0 Å². The lowest BCUT2D eigenvalue weighted by Gasteiger charge is -2.19. The third-order valence-corrected chi connectivity index (χ3v) is 4.02. The summed E-state index contributed by atoms with van der Waals surface area (Å²) in [5.74, 6) is 0. The van der Waals surface area contributed by atoms with Gasteiger partial charge in [0.05, 0.1) is 14.1 Å². The molecule has 0 aliphatic heterocycles. The normalized spacial score (nSPS) is 11.9. The van der Waals surface area contributed by atoms with Crippen molar-refractivity contribution in [1.82, 2.24) is 4.57 Å². The molecule has 2 rings (SSSR count). The first-order valence-electron chi connectivity index (χ1n) is 8.32. The average Bonchev–Trinajstić information content (AvgIpc) is 2.84. The molecular formula is C19H27BN2. The highest BCUT2D eigenvalue weighted by Crippen LogP contribution is 2.13. The zero-order chi connectivity index (χ0) is 15.8. The number of hydrogen-bond acceptors (Lipinski definition) is 0. The lowest BCUT2D eigenvalue weighted by atomic mass is 9.65. The Bertz CT molecular complexity index is 580. The standard InChI is InChI=1S/C19H27BN2/c1-4-5-6-10-13-18(16-17-11-8-7-9-12-17)20-19-21(2)14-15-22(19)3/h7-9,11-12,14-16H,4-6,10,13H2,1-3H3/b18-16-. The quantitative estimate of drug-likeness (QED) is 0.402. The number of nitrogens with zero attached hydrogens (tertiary/aromatic N) is 2. The van der Waals surface area contributed by atoms with Gasteiger partial charge in [0.2, 0.25) is 0 Å². The van der Waals surface area contributed by atoms with Gasteiger partial charge in [-0.2, -0.15) is 7.28 Å². The molecule has 0 spiro atoms. The van der Waals surface area contributed by atoms with Crippen LogP contribution in [-0.4, -0.2) is 11.8 Å². The summed E-state index contributed by atoms with van der Waals surface area (Å²) in [6.07, 6.45) is 12.8. The Labute approximate surface area is 135 Å². The van der Waals surface area contributed by atoms with E-state index in [0.717, 1.165) is 6.42 Å². The number of aromatic nitrogens is 2. The maximum Gasteiger partial charge on any atom is 0.125 e. The third-order valence-electron chi connectivity index (χ3n) is 4.02. The monoisotopic (exact) mass is 294 g/mol. The maximum absolute atomic E-state index is 2.32. The van der Waals surface area contributed by atoms with E-state index in [1.165, 1.54) is 42.4 Å². The number of benzene rings is 1. The van der Waals surface area contributed by atoms with E-state index < -0.39 is 0 Å². The van der Waals surface area contributed by atoms with Gasteiger partial charge in [-0.15, -0.1) is 0 Å². The van der Waals surface area contributed by atoms with Gasteiger partial charge < -0.3 is 0 Å². The zero-order valence-electron chi connectivity index (χ0n) is 14.1. The van der Waals surface area contributed by atoms with Crippen LogP contribution in [0.25, 0.3) is 6.08 Å². The van der Waals surface area contributed by atoms with Crippen molar-refractivity contribution >= 4 is 19.1 Å². The number of unbranched alkanes of at least 4 members (excludes halogenated alkanes) is 3. The fourth-order valence-corrected chi connectivity index (χ4v) is 2.68. The Kier molecular flexibility index (Phi) is 6.51. The van der Waals surface area contributed by atoms with Gasteiger partial charge in [0.25, 0.3) is 0 Å². The number of allylic oxidation sites excluding steroid dienone is 1. The molecule has 1 aromatic carbocycles. The van der Waals surface area contributed by atoms with Crippen LogP contribution in [0.15, 0.2) is 48.2 Å². The highest BCUT2D eigenvalue weighted by atomic mass is 15.1. The predicted octanol–water partition coefficient (Wildman–Crippen LogP) is 3.19. The molecule has 2 aromatic rings. The molecule has 0 saturated carbocycles. The van der Waals surface area contributed by atoms with Crippen LogP contribution in [0.2, 0.25) is 0 Å². The molecule has 3 heteroatoms. The van der Waals surface area contributed by atoms with E-state index in [4.69, 9.17) is 0 Å². The lowest BCUT2D eigenvalue weighted by Crippen LogP contribution is -2.50. The molecule has 0 saturated heterocycles. The van der Waals surface area contributed by atoms with E-state index in [0.29, 0.717) is 0 Å². The topological polar surface area (TPSA) is 8.81 Å². The first-order chi connectivity index (χ1) is 10.7. The van der Waals surface area contributed by atoms with Gasteiger partial charge in [-0.1, -0.05) is 75.4 Å². The molecule has 0 aliphatic carbocycles. The van der Waals surface area contributed by atoms with Crippen molar-refractivity contribution in [2.45, 2.75) is 39.0 Å². The zero-order valence-corrected chi connectivity index (χ0v) is 14.1. The van der Waals surface area contributed by atoms with Crippen LogP contribution in [0.5, 0.6) is 0 Å². The summed E-state index contributed by atoms with van der Waals surface area (Å²) < 4.78 is 4.34. The second-order valence-electron chi connectivity index (χ2n) is 5.96. The van der Waals surface area contributed by atoms with E-state index in [-0.39, 0.29) is 0 Å². The maximum atomic E-state index is 2.32. The van der Waals surface area contributed by atoms with Crippen molar-refractivity contribution < 1.29 is 4.57 Å². The minimum Gasteiger partial charge on any atom is -0.288 e. The van der Waals surface area contributed by atoms with E-state index in [2.05, 4.69) is 86.2 Å². The first-order valence-corrected chi connectivity index (χ1v) is 8.32. The average molecular weight is 294 g/mol. The van der Waals surface area contributed by atoms with Crippen LogP contribution in [-0.2, 0) is 14.1 Å². The van der Waals surface area contributed by atoms with Crippen LogP contribution in [0.3, 0.4) is 0 Å². The number of imidazole rings is 1. The Morgan fingerprint density at radius 1 is 1.18 bits per heavy atom. The van der Waals surface area contributed by atoms with Gasteiger partial charge >= 0.3 is 0 Å². The molecule has 116 valence electrons. The van der Waals surface area contributed by atoms with E-state index in [9.17, 15) is 0 Å². The van der Waals surface area contributed by atoms with Gasteiger partial charge in [0.1, 0.15) is 12.4 Å². The summed E-state index contributed by atoms with van der Waals surface area (Å²) >= 11 is 0. The van der Waals surface area contributed by atoms with Crippen molar-refractivity contribution in [3.05, 3.63) is 53.8 Å². The summed E-state index contributed by atoms with van der Waals surface area (Å²) in [4.78, 5) is 0. The molecular weight excluding hydrogens is 267 g/mol. The molecule has 1 aromatic heterocycles. The second kappa shape index (κ2) is 8.62. The second-order valence-corrected chi connectivity index (χ2v) is 5.96. The van der Waals surface area contributed by atoms with E-state index in [1.807, 2.05) is 0 Å². The minimum atomic E-state index is 1.14. The smallest absolute Gasteiger partial charge is 0.125 e. The Hall–Kier alpha value is -1.77. The van der Waals surface area contributed by atoms with Crippen molar-refractivity contribution in [3.8, 4) is 0 Å². The number of rotatable bonds is 8. The molecule has 0 fully saturated rings. The molecule has 1 heterocycles. The van der Waals surface area contributed by atoms with Gasteiger partial charge in [-0.3, -0.25) is 14.6 Å². The van der Waals surface area contributed by atoms with Gasteiger partial charge in [0, 0.05) is 5.72 Å². The summed E-state index contributed by atoms with van der Waals surface area (Å²) in [6, 6.07) is 10.6. The van der Waals surface area contributed by atoms with Crippen LogP contribution < -0.4 is 10.3 Å². The minimum absolute atomic E-state index is 1.14. The Morgan fingerprint density at radius 3 is 2.59 bits per heavy atom. The van der Waals surface area contributed by atoms with Crippen LogP contribution in [0.1, 0.15) is 44.6 Å². The summed E-state index contributed by atoms with van der Waals surface area (Å²) in [7, 11) is 6.52. The summed E-state index contributed by atoms with van der Waals surface area (Å²) in [5.41, 5.74) is 3.92. The van der Waals surface area contributed by atoms with Crippen LogP contribution in [0, 0.1) is 0 Å². The van der Waals surface area contributed by atoms with E-state index in [1.54, 1.807) is 0 Å². The number of aryl methyl sites for hydroxylation is 2. The van der Waals surface area contributed by atoms with Crippen molar-refractivity contribution in [1.29, 1.82) is 0 Å². The van der Waals surface area contributed by atoms with Crippen LogP contribution in [0.4, 0.5) is 0 Å². The third kappa shape index (κ3) is 4.90. The SMILES string of the molecule is CCCCCC/C([B-]c1n(C)cc[n+]1C)=C/c1ccccc1. The lowest BCUT2D eigenvalue weighted by molar-refractivity contribution is -0.652. The van der Waals surface area contributed by atoms with Crippen molar-refractivity contribution in [2.75, 3.05) is 0 Å². The largest absolute Gasteiger partial charge is 0.288 e. The predicted molar refractivity (Wildman–Crippen MR) is 95.2 cm³/mol. The molecule has 0 N–H and O–H groups in total. The fourth-order valence-electron chi connectivity index (χ4n) is 2.68. The molecule has 0 atom stereocenters. The molecule has 22 heavy (non-hydrogen) atoms. The first kappa shape index (κ1) is 16.6. The molecule has 2 radical (unpaired) electrons. The number of hydrogen-bond donors (Lipinski definition) is 0. The van der Waals surface area contributed by atoms with Crippen molar-refractivity contribution in [2.24, 2.45) is 14.1 Å². The Morgan fingerprint density at radius 2 is 1.95 bits per heavy atom. The van der Waals surface area contributed by atoms with E-state index >= 15 is 0 Å². The van der Waals surface area contributed by atoms with Crippen LogP contribution >= 0.6 is 0 Å². The fraction of sp³-hybridized carbons (Fsp3) is 0.421. The summed E-state index contributed by atoms with van der Waals surface area (Å²) in [6.45, 7) is 2.26. The van der Waals surface area contributed by atoms with Gasteiger partial charge in [-0.25, -0.2) is 0 Å². The van der Waals surface area contributed by atoms with Gasteiger partial charge in [-0.05, 0) is 5.56 Å². The molecule has 0 unspecified atom stereocenters.